The molecule has 2 aromatic rings. The van der Waals surface area contributed by atoms with Crippen LogP contribution in [-0.2, 0) is 16.1 Å². The van der Waals surface area contributed by atoms with E-state index in [0.717, 1.165) is 15.7 Å². The van der Waals surface area contributed by atoms with E-state index in [9.17, 15) is 9.59 Å². The van der Waals surface area contributed by atoms with Gasteiger partial charge >= 0.3 is 0 Å². The Morgan fingerprint density at radius 3 is 2.60 bits per heavy atom. The maximum atomic E-state index is 13.2. The summed E-state index contributed by atoms with van der Waals surface area (Å²) >= 11 is 3.57. The standard InChI is InChI=1S/C22H26BrN3O4/c1-14-9-21(27)24-17-7-5-6-8-18(17)26(14)22(28)13-25(2)12-15-10-19(29-3)20(30-4)11-16(15)23/h5-8,10-11,14H,9,12-13H2,1-4H3,(H,24,27)/t14-/m0/s1. The van der Waals surface area contributed by atoms with Crippen LogP contribution in [0.4, 0.5) is 11.4 Å². The third-order valence-corrected chi connectivity index (χ3v) is 5.76. The van der Waals surface area contributed by atoms with E-state index in [4.69, 9.17) is 9.47 Å². The predicted octanol–water partition coefficient (Wildman–Crippen LogP) is 3.66. The minimum atomic E-state index is -0.234. The Morgan fingerprint density at radius 2 is 1.90 bits per heavy atom. The first-order valence-electron chi connectivity index (χ1n) is 9.64. The normalized spacial score (nSPS) is 16.0. The van der Waals surface area contributed by atoms with Gasteiger partial charge in [0.15, 0.2) is 11.5 Å². The molecule has 0 radical (unpaired) electrons. The number of rotatable bonds is 6. The molecule has 0 fully saturated rings. The van der Waals surface area contributed by atoms with Gasteiger partial charge in [-0.3, -0.25) is 14.5 Å². The molecule has 7 nitrogen and oxygen atoms in total. The summed E-state index contributed by atoms with van der Waals surface area (Å²) in [6, 6.07) is 10.9. The number of amides is 2. The molecule has 30 heavy (non-hydrogen) atoms. The molecule has 0 saturated heterocycles. The monoisotopic (exact) mass is 475 g/mol. The van der Waals surface area contributed by atoms with Gasteiger partial charge in [0.1, 0.15) is 0 Å². The van der Waals surface area contributed by atoms with Gasteiger partial charge in [-0.2, -0.15) is 0 Å². The minimum absolute atomic E-state index is 0.0643. The number of likely N-dealkylation sites (N-methyl/N-ethyl adjacent to an activating group) is 1. The Hall–Kier alpha value is -2.58. The molecule has 0 aliphatic carbocycles. The highest BCUT2D eigenvalue weighted by Gasteiger charge is 2.30. The van der Waals surface area contributed by atoms with E-state index >= 15 is 0 Å². The number of ether oxygens (including phenoxy) is 2. The summed E-state index contributed by atoms with van der Waals surface area (Å²) in [5.41, 5.74) is 2.36. The van der Waals surface area contributed by atoms with Crippen molar-refractivity contribution in [3.05, 3.63) is 46.4 Å². The number of benzene rings is 2. The van der Waals surface area contributed by atoms with Crippen molar-refractivity contribution in [3.63, 3.8) is 0 Å². The molecule has 0 unspecified atom stereocenters. The molecule has 3 rings (SSSR count). The van der Waals surface area contributed by atoms with Crippen molar-refractivity contribution < 1.29 is 19.1 Å². The van der Waals surface area contributed by atoms with E-state index in [1.807, 2.05) is 55.3 Å². The summed E-state index contributed by atoms with van der Waals surface area (Å²) in [6.45, 7) is 2.63. The number of fused-ring (bicyclic) bond motifs is 1. The second kappa shape index (κ2) is 9.49. The zero-order valence-electron chi connectivity index (χ0n) is 17.6. The number of para-hydroxylation sites is 2. The molecule has 1 aliphatic rings. The van der Waals surface area contributed by atoms with E-state index in [2.05, 4.69) is 21.2 Å². The van der Waals surface area contributed by atoms with Crippen LogP contribution in [0, 0.1) is 0 Å². The van der Waals surface area contributed by atoms with E-state index in [0.29, 0.717) is 23.7 Å². The van der Waals surface area contributed by atoms with Crippen molar-refractivity contribution in [2.24, 2.45) is 0 Å². The molecule has 1 N–H and O–H groups in total. The Labute approximate surface area is 185 Å². The predicted molar refractivity (Wildman–Crippen MR) is 120 cm³/mol. The molecule has 1 heterocycles. The fourth-order valence-corrected chi connectivity index (χ4v) is 4.09. The first-order valence-corrected chi connectivity index (χ1v) is 10.4. The highest BCUT2D eigenvalue weighted by Crippen LogP contribution is 2.34. The van der Waals surface area contributed by atoms with Crippen LogP contribution in [0.1, 0.15) is 18.9 Å². The molecule has 2 amide bonds. The Kier molecular flexibility index (Phi) is 6.99. The molecule has 8 heteroatoms. The van der Waals surface area contributed by atoms with Crippen LogP contribution in [0.3, 0.4) is 0 Å². The number of nitrogens with zero attached hydrogens (tertiary/aromatic N) is 2. The van der Waals surface area contributed by atoms with Crippen LogP contribution >= 0.6 is 15.9 Å². The maximum absolute atomic E-state index is 13.2. The molecule has 160 valence electrons. The zero-order chi connectivity index (χ0) is 21.8. The number of methoxy groups -OCH3 is 2. The van der Waals surface area contributed by atoms with Crippen LogP contribution in [0.15, 0.2) is 40.9 Å². The molecule has 1 aliphatic heterocycles. The molecular weight excluding hydrogens is 450 g/mol. The highest BCUT2D eigenvalue weighted by molar-refractivity contribution is 9.10. The Balaban J connectivity index is 1.78. The van der Waals surface area contributed by atoms with Gasteiger partial charge in [0, 0.05) is 23.5 Å². The third-order valence-electron chi connectivity index (χ3n) is 5.03. The lowest BCUT2D eigenvalue weighted by molar-refractivity contribution is -0.120. The number of carbonyl (C=O) groups is 2. The van der Waals surface area contributed by atoms with Gasteiger partial charge in [-0.15, -0.1) is 0 Å². The molecule has 0 aromatic heterocycles. The van der Waals surface area contributed by atoms with E-state index in [1.54, 1.807) is 19.1 Å². The third kappa shape index (κ3) is 4.76. The number of hydrogen-bond acceptors (Lipinski definition) is 5. The van der Waals surface area contributed by atoms with E-state index in [1.165, 1.54) is 0 Å². The van der Waals surface area contributed by atoms with Crippen LogP contribution < -0.4 is 19.7 Å². The lowest BCUT2D eigenvalue weighted by atomic mass is 10.1. The first-order chi connectivity index (χ1) is 14.3. The number of hydrogen-bond donors (Lipinski definition) is 1. The van der Waals surface area contributed by atoms with Crippen molar-refractivity contribution in [1.82, 2.24) is 4.90 Å². The van der Waals surface area contributed by atoms with Gasteiger partial charge in [0.2, 0.25) is 11.8 Å². The van der Waals surface area contributed by atoms with Crippen LogP contribution in [-0.4, -0.2) is 50.6 Å². The summed E-state index contributed by atoms with van der Waals surface area (Å²) in [6.07, 6.45) is 0.255. The highest BCUT2D eigenvalue weighted by atomic mass is 79.9. The van der Waals surface area contributed by atoms with Crippen molar-refractivity contribution in [3.8, 4) is 11.5 Å². The zero-order valence-corrected chi connectivity index (χ0v) is 19.2. The fraction of sp³-hybridized carbons (Fsp3) is 0.364. The second-order valence-corrected chi connectivity index (χ2v) is 8.21. The largest absolute Gasteiger partial charge is 0.493 e. The summed E-state index contributed by atoms with van der Waals surface area (Å²) in [7, 11) is 5.07. The molecule has 2 aromatic carbocycles. The van der Waals surface area contributed by atoms with Crippen molar-refractivity contribution in [2.75, 3.05) is 38.0 Å². The van der Waals surface area contributed by atoms with Crippen molar-refractivity contribution in [2.45, 2.75) is 25.9 Å². The minimum Gasteiger partial charge on any atom is -0.493 e. The molecule has 0 bridgehead atoms. The van der Waals surface area contributed by atoms with Crippen molar-refractivity contribution in [1.29, 1.82) is 0 Å². The molecular formula is C22H26BrN3O4. The Morgan fingerprint density at radius 1 is 1.23 bits per heavy atom. The van der Waals surface area contributed by atoms with Gasteiger partial charge in [0.05, 0.1) is 32.1 Å². The smallest absolute Gasteiger partial charge is 0.241 e. The summed E-state index contributed by atoms with van der Waals surface area (Å²) in [4.78, 5) is 29.0. The maximum Gasteiger partial charge on any atom is 0.241 e. The van der Waals surface area contributed by atoms with Gasteiger partial charge in [-0.05, 0) is 43.8 Å². The first kappa shape index (κ1) is 22.1. The fourth-order valence-electron chi connectivity index (χ4n) is 3.64. The Bertz CT molecular complexity index is 950. The van der Waals surface area contributed by atoms with Crippen molar-refractivity contribution >= 4 is 39.1 Å². The lowest BCUT2D eigenvalue weighted by Crippen LogP contribution is -2.44. The summed E-state index contributed by atoms with van der Waals surface area (Å²) < 4.78 is 11.6. The van der Waals surface area contributed by atoms with E-state index in [-0.39, 0.29) is 30.8 Å². The number of carbonyl (C=O) groups excluding carboxylic acids is 2. The molecule has 0 spiro atoms. The van der Waals surface area contributed by atoms with Crippen LogP contribution in [0.5, 0.6) is 11.5 Å². The average Bonchev–Trinajstić information content (AvgIpc) is 2.83. The lowest BCUT2D eigenvalue weighted by Gasteiger charge is -2.30. The number of anilines is 2. The summed E-state index contributed by atoms with van der Waals surface area (Å²) in [5, 5.41) is 2.88. The van der Waals surface area contributed by atoms with Crippen LogP contribution in [0.2, 0.25) is 0 Å². The second-order valence-electron chi connectivity index (χ2n) is 7.35. The van der Waals surface area contributed by atoms with Gasteiger partial charge < -0.3 is 19.7 Å². The molecule has 1 atom stereocenters. The van der Waals surface area contributed by atoms with Gasteiger partial charge in [-0.1, -0.05) is 28.1 Å². The van der Waals surface area contributed by atoms with Gasteiger partial charge in [0.25, 0.3) is 0 Å². The quantitative estimate of drug-likeness (QED) is 0.689. The topological polar surface area (TPSA) is 71.1 Å². The number of halogens is 1. The van der Waals surface area contributed by atoms with E-state index < -0.39 is 0 Å². The van der Waals surface area contributed by atoms with Gasteiger partial charge in [-0.25, -0.2) is 0 Å². The summed E-state index contributed by atoms with van der Waals surface area (Å²) in [5.74, 6) is 1.12. The number of nitrogens with one attached hydrogen (secondary N) is 1. The SMILES string of the molecule is COc1cc(Br)c(CN(C)CC(=O)N2c3ccccc3NC(=O)C[C@@H]2C)cc1OC. The molecule has 0 saturated carbocycles. The van der Waals surface area contributed by atoms with Crippen LogP contribution in [0.25, 0.3) is 0 Å². The average molecular weight is 476 g/mol.